The molecule has 0 fully saturated rings. The Morgan fingerprint density at radius 2 is 0.548 bits per heavy atom. The summed E-state index contributed by atoms with van der Waals surface area (Å²) in [6.07, 6.45) is 0. The van der Waals surface area contributed by atoms with Gasteiger partial charge in [-0.1, -0.05) is 291 Å². The lowest BCUT2D eigenvalue weighted by atomic mass is 9.85. The van der Waals surface area contributed by atoms with E-state index >= 15 is 0 Å². The van der Waals surface area contributed by atoms with Crippen LogP contribution in [0.5, 0.6) is 0 Å². The minimum absolute atomic E-state index is 0.0239. The van der Waals surface area contributed by atoms with Crippen LogP contribution in [0.4, 0.5) is 0 Å². The molecule has 0 amide bonds. The van der Waals surface area contributed by atoms with Crippen LogP contribution < -0.4 is 0 Å². The van der Waals surface area contributed by atoms with Crippen molar-refractivity contribution >= 4 is 87.0 Å². The van der Waals surface area contributed by atoms with Gasteiger partial charge in [-0.2, -0.15) is 0 Å². The number of hydrogen-bond donors (Lipinski definition) is 0. The lowest BCUT2D eigenvalue weighted by Gasteiger charge is -2.18. The molecule has 2 nitrogen and oxygen atoms in total. The molecule has 0 saturated carbocycles. The molecule has 17 aromatic rings. The summed E-state index contributed by atoms with van der Waals surface area (Å²) in [6, 6.07) is 34.7. The van der Waals surface area contributed by atoms with Crippen molar-refractivity contribution < 1.29 is 43.1 Å². The topological polar surface area (TPSA) is 26.3 Å². The Labute approximate surface area is 521 Å². The fourth-order valence-electron chi connectivity index (χ4n) is 11.6. The Balaban J connectivity index is 0.000000167. The molecule has 84 heavy (non-hydrogen) atoms. The van der Waals surface area contributed by atoms with Gasteiger partial charge in [0.2, 0.25) is 0 Å². The summed E-state index contributed by atoms with van der Waals surface area (Å²) >= 11 is 0. The van der Waals surface area contributed by atoms with E-state index in [1.807, 2.05) is 97.1 Å². The molecule has 2 aromatic heterocycles. The smallest absolute Gasteiger partial charge is 0.136 e. The molecule has 15 aromatic carbocycles. The molecule has 0 bridgehead atoms. The van der Waals surface area contributed by atoms with Gasteiger partial charge in [0.05, 0.1) is 34.3 Å². The van der Waals surface area contributed by atoms with Gasteiger partial charge in [-0.3, -0.25) is 0 Å². The molecule has 0 aliphatic rings. The predicted molar refractivity (Wildman–Crippen MR) is 356 cm³/mol. The Bertz CT molecular complexity index is 6670. The zero-order valence-corrected chi connectivity index (χ0v) is 43.9. The highest BCUT2D eigenvalue weighted by Gasteiger charge is 2.22. The quantitative estimate of drug-likeness (QED) is 0.149. The van der Waals surface area contributed by atoms with E-state index in [9.17, 15) is 11.0 Å². The van der Waals surface area contributed by atoms with E-state index in [0.29, 0.717) is 49.8 Å². The number of benzene rings is 15. The van der Waals surface area contributed by atoms with E-state index in [2.05, 4.69) is 0 Å². The van der Waals surface area contributed by atoms with Crippen molar-refractivity contribution in [3.63, 3.8) is 0 Å². The van der Waals surface area contributed by atoms with E-state index in [1.54, 1.807) is 66.7 Å². The average Bonchev–Trinajstić information content (AvgIpc) is 0.936. The third kappa shape index (κ3) is 8.18. The molecule has 2 heteroatoms. The second kappa shape index (κ2) is 20.5. The normalized spacial score (nSPS) is 15.7. The van der Waals surface area contributed by atoms with Gasteiger partial charge in [-0.25, -0.2) is 0 Å². The van der Waals surface area contributed by atoms with Gasteiger partial charge in [0.15, 0.2) is 0 Å². The number of hydrogen-bond acceptors (Lipinski definition) is 2. The van der Waals surface area contributed by atoms with Crippen LogP contribution in [0.25, 0.3) is 165 Å². The number of furan rings is 2. The Morgan fingerprint density at radius 1 is 0.190 bits per heavy atom. The Hall–Kier alpha value is -11.1. The number of fused-ring (bicyclic) bond motifs is 10. The van der Waals surface area contributed by atoms with E-state index in [1.165, 1.54) is 0 Å². The molecule has 0 aliphatic carbocycles. The van der Waals surface area contributed by atoms with Crippen LogP contribution in [0, 0.1) is 0 Å². The zero-order chi connectivity index (χ0) is 77.3. The summed E-state index contributed by atoms with van der Waals surface area (Å²) < 4.78 is 235. The first-order valence-corrected chi connectivity index (χ1v) is 26.8. The summed E-state index contributed by atoms with van der Waals surface area (Å²) in [7, 11) is 0. The molecular formula is C82H52O2. The van der Waals surface area contributed by atoms with Gasteiger partial charge in [0, 0.05) is 27.1 Å². The van der Waals surface area contributed by atoms with Crippen LogP contribution in [0.2, 0.25) is 0 Å². The summed E-state index contributed by atoms with van der Waals surface area (Å²) in [4.78, 5) is 0. The fraction of sp³-hybridized carbons (Fsp3) is 0. The first-order chi connectivity index (χ1) is 52.1. The van der Waals surface area contributed by atoms with Gasteiger partial charge in [-0.15, -0.1) is 0 Å². The molecule has 0 atom stereocenters. The van der Waals surface area contributed by atoms with Crippen LogP contribution in [0.3, 0.4) is 0 Å². The van der Waals surface area contributed by atoms with Gasteiger partial charge < -0.3 is 8.83 Å². The summed E-state index contributed by atoms with van der Waals surface area (Å²) in [5.41, 5.74) is 5.94. The first kappa shape index (κ1) is 29.6. The minimum atomic E-state index is -0.714. The van der Waals surface area contributed by atoms with Crippen molar-refractivity contribution in [2.24, 2.45) is 0 Å². The maximum Gasteiger partial charge on any atom is 0.136 e. The van der Waals surface area contributed by atoms with Crippen LogP contribution in [0.15, 0.2) is 324 Å². The molecule has 0 saturated heterocycles. The highest BCUT2D eigenvalue weighted by molar-refractivity contribution is 6.23. The van der Waals surface area contributed by atoms with Gasteiger partial charge in [0.1, 0.15) is 22.3 Å². The lowest BCUT2D eigenvalue weighted by molar-refractivity contribution is 0.668. The molecule has 0 spiro atoms. The van der Waals surface area contributed by atoms with Crippen LogP contribution >= 0.6 is 0 Å². The van der Waals surface area contributed by atoms with Gasteiger partial charge in [0.25, 0.3) is 0 Å². The maximum absolute atomic E-state index is 9.40. The standard InChI is InChI=1S/C44H28O.C38H24O/c1-3-13-29(14-4-1)33-27-28-40-44(38-21-11-12-22-39(38)45-40)43(33)32-25-23-31(24-26-32)42-36-19-9-7-17-34(36)41(30-15-5-2-6-16-30)35-18-8-10-20-37(35)42;1-2-11-26(12-3-1)36-29-13-4-6-15-31(29)37(32-16-7-5-14-30(32)36)27-23-21-25(22-24-27)28-18-10-20-35-38(28)33-17-8-9-19-34(33)39-35/h1-28H;1-24H/i2D,5D,6D,7D,8D,9D,10D,15D,16D,17D,18D,19D,20D;4D,5D,6D,7D,13D,14D,15D,16D,21D,22D,23D,24D. The SMILES string of the molecule is [2H]c1c([2H])c(-c2cccc3oc4ccccc4c23)c([2H])c([2H])c1-c1c2c([2H])c([2H])c([2H])c([2H])c2c(-c2ccccc2)c2c([2H])c([2H])c([2H])c([2H])c12.[2H]c1c([2H])c([2H])c(-c2c3c([2H])c([2H])c([2H])c([2H])c3c(-c3ccc(-c4c(-c5ccccc5)ccc5oc6ccccc6c45)cc3)c3c([2H])c([2H])c([2H])c([2H])c23)c([2H])c1[2H]. The molecule has 2 heterocycles. The monoisotopic (exact) mass is 1090 g/mol. The molecule has 17 rings (SSSR count). The average molecular weight is 1090 g/mol. The molecule has 392 valence electrons. The molecular weight excluding hydrogens is 1020 g/mol. The summed E-state index contributed by atoms with van der Waals surface area (Å²) in [5, 5.41) is 1.81. The largest absolute Gasteiger partial charge is 0.456 e. The molecule has 0 radical (unpaired) electrons. The van der Waals surface area contributed by atoms with Crippen molar-refractivity contribution in [1.82, 2.24) is 0 Å². The molecule has 0 unspecified atom stereocenters. The van der Waals surface area contributed by atoms with Crippen LogP contribution in [-0.2, 0) is 0 Å². The zero-order valence-electron chi connectivity index (χ0n) is 68.9. The van der Waals surface area contributed by atoms with Gasteiger partial charge in [-0.05, 0) is 140 Å². The molecule has 0 N–H and O–H groups in total. The highest BCUT2D eigenvalue weighted by atomic mass is 16.3. The van der Waals surface area contributed by atoms with Gasteiger partial charge >= 0.3 is 0 Å². The van der Waals surface area contributed by atoms with E-state index in [4.69, 9.17) is 32.1 Å². The highest BCUT2D eigenvalue weighted by Crippen LogP contribution is 2.48. The van der Waals surface area contributed by atoms with Crippen molar-refractivity contribution in [3.05, 3.63) is 315 Å². The first-order valence-electron chi connectivity index (χ1n) is 39.3. The second-order valence-corrected chi connectivity index (χ2v) is 19.8. The van der Waals surface area contributed by atoms with Crippen LogP contribution in [0.1, 0.15) is 34.3 Å². The van der Waals surface area contributed by atoms with E-state index < -0.39 is 157 Å². The third-order valence-electron chi connectivity index (χ3n) is 15.2. The Kier molecular flexibility index (Phi) is 7.22. The number of rotatable bonds is 7. The summed E-state index contributed by atoms with van der Waals surface area (Å²) in [5.74, 6) is 0. The van der Waals surface area contributed by atoms with Crippen molar-refractivity contribution in [2.75, 3.05) is 0 Å². The van der Waals surface area contributed by atoms with Crippen molar-refractivity contribution in [1.29, 1.82) is 0 Å². The maximum atomic E-state index is 9.40. The second-order valence-electron chi connectivity index (χ2n) is 19.8. The lowest BCUT2D eigenvalue weighted by Crippen LogP contribution is -1.91. The van der Waals surface area contributed by atoms with E-state index in [-0.39, 0.29) is 76.5 Å². The Morgan fingerprint density at radius 3 is 1.05 bits per heavy atom. The van der Waals surface area contributed by atoms with Crippen molar-refractivity contribution in [3.8, 4) is 77.9 Å². The summed E-state index contributed by atoms with van der Waals surface area (Å²) in [6.45, 7) is 0. The van der Waals surface area contributed by atoms with Crippen molar-refractivity contribution in [2.45, 2.75) is 0 Å². The van der Waals surface area contributed by atoms with E-state index in [0.717, 1.165) is 33.0 Å². The minimum Gasteiger partial charge on any atom is -0.456 e. The predicted octanol–water partition coefficient (Wildman–Crippen LogP) is 23.5. The fourth-order valence-corrected chi connectivity index (χ4v) is 11.6. The third-order valence-corrected chi connectivity index (χ3v) is 15.2. The number of para-hydroxylation sites is 2. The molecule has 0 aliphatic heterocycles. The van der Waals surface area contributed by atoms with Crippen LogP contribution in [-0.4, -0.2) is 0 Å².